The number of thiophene rings is 2. The molecular formula is C44H37BN2S2. The monoisotopic (exact) mass is 668 g/mol. The summed E-state index contributed by atoms with van der Waals surface area (Å²) in [5, 5.41) is 7.02. The maximum Gasteiger partial charge on any atom is 0.333 e. The van der Waals surface area contributed by atoms with Crippen molar-refractivity contribution in [2.75, 3.05) is 4.90 Å². The number of fused-ring (bicyclic) bond motifs is 16. The van der Waals surface area contributed by atoms with Crippen LogP contribution in [0, 0.1) is 0 Å². The Morgan fingerprint density at radius 3 is 2.27 bits per heavy atom. The maximum absolute atomic E-state index is 2.94. The van der Waals surface area contributed by atoms with Gasteiger partial charge < -0.3 is 9.38 Å². The first kappa shape index (κ1) is 27.7. The minimum absolute atomic E-state index is 0.00204. The summed E-state index contributed by atoms with van der Waals surface area (Å²) in [7, 11) is 0. The summed E-state index contributed by atoms with van der Waals surface area (Å²) < 4.78 is 7.04. The maximum atomic E-state index is 2.94. The van der Waals surface area contributed by atoms with E-state index in [0.717, 1.165) is 0 Å². The molecule has 0 bridgehead atoms. The number of hydrogen-bond acceptors (Lipinski definition) is 3. The highest BCUT2D eigenvalue weighted by molar-refractivity contribution is 7.27. The lowest BCUT2D eigenvalue weighted by Crippen LogP contribution is -2.62. The second kappa shape index (κ2) is 8.62. The fraction of sp³-hybridized carbons (Fsp3) is 0.273. The molecule has 12 rings (SSSR count). The Hall–Kier alpha value is -4.06. The van der Waals surface area contributed by atoms with Gasteiger partial charge in [-0.05, 0) is 71.0 Å². The standard InChI is InChI=1S/C44H37BN2S2/c1-42(2,3)24-21-31-38-32(22-24)45-36-29(26-15-12-16-28-35-27-14-7-9-18-34(27)49-41(35)47(45)37(26)28)23-30-25-13-6-8-17-33(25)48-40(30)39(36)46(38)44(5)20-11-10-19-43(31,44)4/h6-9,12-18,21-23H,10-11,19-20H2,1-5H3. The molecule has 5 heteroatoms. The Morgan fingerprint density at radius 2 is 1.45 bits per heavy atom. The van der Waals surface area contributed by atoms with Crippen LogP contribution >= 0.6 is 22.7 Å². The highest BCUT2D eigenvalue weighted by Crippen LogP contribution is 2.64. The topological polar surface area (TPSA) is 8.17 Å². The van der Waals surface area contributed by atoms with Crippen LogP contribution in [0.15, 0.2) is 84.9 Å². The molecule has 1 fully saturated rings. The van der Waals surface area contributed by atoms with Crippen molar-refractivity contribution in [2.24, 2.45) is 0 Å². The summed E-state index contributed by atoms with van der Waals surface area (Å²) in [6.07, 6.45) is 5.04. The molecule has 5 aromatic carbocycles. The molecule has 49 heavy (non-hydrogen) atoms. The molecule has 1 aliphatic carbocycles. The average molecular weight is 669 g/mol. The minimum atomic E-state index is -0.00204. The van der Waals surface area contributed by atoms with Gasteiger partial charge in [0.25, 0.3) is 0 Å². The van der Waals surface area contributed by atoms with Gasteiger partial charge in [0.05, 0.1) is 20.8 Å². The van der Waals surface area contributed by atoms with E-state index >= 15 is 0 Å². The van der Waals surface area contributed by atoms with Gasteiger partial charge in [0.2, 0.25) is 0 Å². The molecule has 238 valence electrons. The van der Waals surface area contributed by atoms with Crippen LogP contribution in [0.3, 0.4) is 0 Å². The molecule has 0 spiro atoms. The van der Waals surface area contributed by atoms with Crippen LogP contribution in [0.25, 0.3) is 62.5 Å². The molecule has 0 saturated heterocycles. The Bertz CT molecular complexity index is 2830. The molecule has 0 radical (unpaired) electrons. The van der Waals surface area contributed by atoms with Crippen LogP contribution in [-0.2, 0) is 10.8 Å². The molecule has 2 unspecified atom stereocenters. The van der Waals surface area contributed by atoms with Crippen molar-refractivity contribution in [3.8, 4) is 11.1 Å². The third-order valence-electron chi connectivity index (χ3n) is 13.5. The number of rotatable bonds is 0. The van der Waals surface area contributed by atoms with Gasteiger partial charge in [-0.25, -0.2) is 0 Å². The predicted molar refractivity (Wildman–Crippen MR) is 215 cm³/mol. The molecule has 6 heterocycles. The van der Waals surface area contributed by atoms with Gasteiger partial charge in [-0.1, -0.05) is 107 Å². The highest BCUT2D eigenvalue weighted by atomic mass is 32.1. The van der Waals surface area contributed by atoms with Crippen LogP contribution in [0.1, 0.15) is 71.4 Å². The van der Waals surface area contributed by atoms with Crippen LogP contribution < -0.4 is 15.8 Å². The van der Waals surface area contributed by atoms with E-state index < -0.39 is 0 Å². The van der Waals surface area contributed by atoms with E-state index in [2.05, 4.69) is 129 Å². The smallest absolute Gasteiger partial charge is 0.333 e. The third-order valence-corrected chi connectivity index (χ3v) is 15.8. The fourth-order valence-corrected chi connectivity index (χ4v) is 13.4. The van der Waals surface area contributed by atoms with Crippen LogP contribution in [0.2, 0.25) is 0 Å². The number of nitrogens with zero attached hydrogens (tertiary/aromatic N) is 2. The second-order valence-electron chi connectivity index (χ2n) is 16.8. The first-order valence-corrected chi connectivity index (χ1v) is 19.7. The summed E-state index contributed by atoms with van der Waals surface area (Å²) in [6, 6.07) is 33.2. The first-order valence-electron chi connectivity index (χ1n) is 18.1. The summed E-state index contributed by atoms with van der Waals surface area (Å²) in [4.78, 5) is 4.35. The molecule has 2 nitrogen and oxygen atoms in total. The van der Waals surface area contributed by atoms with Crippen molar-refractivity contribution in [1.29, 1.82) is 0 Å². The third kappa shape index (κ3) is 3.02. The van der Waals surface area contributed by atoms with Crippen molar-refractivity contribution in [3.05, 3.63) is 96.1 Å². The van der Waals surface area contributed by atoms with E-state index in [1.165, 1.54) is 116 Å². The minimum Gasteiger partial charge on any atom is -0.367 e. The molecule has 8 aromatic rings. The van der Waals surface area contributed by atoms with Gasteiger partial charge >= 0.3 is 6.85 Å². The molecule has 2 atom stereocenters. The van der Waals surface area contributed by atoms with E-state index in [1.807, 2.05) is 22.7 Å². The zero-order valence-electron chi connectivity index (χ0n) is 28.7. The van der Waals surface area contributed by atoms with Crippen molar-refractivity contribution >= 4 is 103 Å². The zero-order chi connectivity index (χ0) is 32.8. The second-order valence-corrected chi connectivity index (χ2v) is 18.9. The van der Waals surface area contributed by atoms with Crippen LogP contribution in [0.4, 0.5) is 11.4 Å². The lowest BCUT2D eigenvalue weighted by Gasteiger charge is -2.52. The Morgan fingerprint density at radius 1 is 0.714 bits per heavy atom. The molecule has 3 aliphatic heterocycles. The molecule has 0 amide bonds. The van der Waals surface area contributed by atoms with Crippen molar-refractivity contribution in [3.63, 3.8) is 0 Å². The lowest BCUT2D eigenvalue weighted by molar-refractivity contribution is 0.195. The predicted octanol–water partition coefficient (Wildman–Crippen LogP) is 11.4. The van der Waals surface area contributed by atoms with E-state index in [4.69, 9.17) is 0 Å². The van der Waals surface area contributed by atoms with E-state index in [1.54, 1.807) is 5.56 Å². The number of hydrogen-bond donors (Lipinski definition) is 0. The van der Waals surface area contributed by atoms with Crippen molar-refractivity contribution in [1.82, 2.24) is 4.48 Å². The first-order chi connectivity index (χ1) is 23.7. The quantitative estimate of drug-likeness (QED) is 0.146. The van der Waals surface area contributed by atoms with Crippen LogP contribution in [-0.4, -0.2) is 16.9 Å². The number of aromatic nitrogens is 1. The molecule has 1 saturated carbocycles. The SMILES string of the molecule is CC(C)(C)c1cc2c3c(c1)C1(C)CCCCC1(C)N3c1c3c(cc4c1sc1ccccc14)-c1cccc4c5c6ccccc6sc5n(c14)B23. The number of anilines is 2. The Kier molecular flexibility index (Phi) is 4.88. The van der Waals surface area contributed by atoms with Gasteiger partial charge in [-0.15, -0.1) is 22.7 Å². The molecule has 0 N–H and O–H groups in total. The van der Waals surface area contributed by atoms with E-state index in [9.17, 15) is 0 Å². The largest absolute Gasteiger partial charge is 0.367 e. The Balaban J connectivity index is 1.35. The number of para-hydroxylation sites is 1. The van der Waals surface area contributed by atoms with Crippen molar-refractivity contribution < 1.29 is 0 Å². The van der Waals surface area contributed by atoms with Gasteiger partial charge in [0.15, 0.2) is 0 Å². The summed E-state index contributed by atoms with van der Waals surface area (Å²) >= 11 is 4.01. The Labute approximate surface area is 295 Å². The van der Waals surface area contributed by atoms with Gasteiger partial charge in [-0.2, -0.15) is 0 Å². The molecular weight excluding hydrogens is 631 g/mol. The molecule has 3 aromatic heterocycles. The lowest BCUT2D eigenvalue weighted by atomic mass is 9.44. The number of benzene rings is 5. The van der Waals surface area contributed by atoms with E-state index in [-0.39, 0.29) is 23.2 Å². The average Bonchev–Trinajstić information content (AvgIpc) is 3.80. The molecule has 4 aliphatic rings. The van der Waals surface area contributed by atoms with Crippen LogP contribution in [0.5, 0.6) is 0 Å². The van der Waals surface area contributed by atoms with E-state index in [0.29, 0.717) is 0 Å². The fourth-order valence-electron chi connectivity index (χ4n) is 10.9. The summed E-state index contributed by atoms with van der Waals surface area (Å²) in [5.74, 6) is 0. The van der Waals surface area contributed by atoms with Gasteiger partial charge in [0.1, 0.15) is 0 Å². The normalized spacial score (nSPS) is 22.1. The zero-order valence-corrected chi connectivity index (χ0v) is 30.3. The summed E-state index contributed by atoms with van der Waals surface area (Å²) in [5.41, 5.74) is 13.5. The van der Waals surface area contributed by atoms with Crippen molar-refractivity contribution in [2.45, 2.75) is 76.7 Å². The highest BCUT2D eigenvalue weighted by Gasteiger charge is 2.62. The summed E-state index contributed by atoms with van der Waals surface area (Å²) in [6.45, 7) is 12.6. The van der Waals surface area contributed by atoms with Gasteiger partial charge in [-0.3, -0.25) is 0 Å². The van der Waals surface area contributed by atoms with Gasteiger partial charge in [0, 0.05) is 58.5 Å².